The van der Waals surface area contributed by atoms with E-state index in [0.29, 0.717) is 21.4 Å². The van der Waals surface area contributed by atoms with Crippen molar-refractivity contribution in [1.82, 2.24) is 14.6 Å². The number of aromatic nitrogens is 3. The summed E-state index contributed by atoms with van der Waals surface area (Å²) in [5.41, 5.74) is 5.99. The quantitative estimate of drug-likeness (QED) is 0.656. The Balaban J connectivity index is 2.37. The number of hydrogen-bond donors (Lipinski definition) is 1. The molecule has 0 saturated carbocycles. The minimum atomic E-state index is -0.479. The molecular weight excluding hydrogens is 268 g/mol. The van der Waals surface area contributed by atoms with Crippen LogP contribution in [0.25, 0.3) is 15.9 Å². The van der Waals surface area contributed by atoms with Gasteiger partial charge in [0.2, 0.25) is 10.1 Å². The van der Waals surface area contributed by atoms with Crippen LogP contribution in [0.2, 0.25) is 0 Å². The van der Waals surface area contributed by atoms with E-state index < -0.39 is 5.97 Å². The number of anilines is 1. The van der Waals surface area contributed by atoms with Crippen LogP contribution in [0.4, 0.5) is 5.13 Å². The zero-order chi connectivity index (χ0) is 13.6. The SMILES string of the molecule is COC(=O)c1ccc2c(=O)n3nc(N)sc3nc2c1. The van der Waals surface area contributed by atoms with Crippen LogP contribution in [0.5, 0.6) is 0 Å². The molecule has 7 nitrogen and oxygen atoms in total. The van der Waals surface area contributed by atoms with Crippen LogP contribution >= 0.6 is 11.3 Å². The Morgan fingerprint density at radius 2 is 2.26 bits per heavy atom. The highest BCUT2D eigenvalue weighted by Gasteiger charge is 2.12. The number of rotatable bonds is 1. The predicted octanol–water partition coefficient (Wildman–Crippen LogP) is 0.673. The summed E-state index contributed by atoms with van der Waals surface area (Å²) in [7, 11) is 1.29. The number of nitrogens with two attached hydrogens (primary N) is 1. The van der Waals surface area contributed by atoms with Crippen molar-refractivity contribution in [2.75, 3.05) is 12.8 Å². The molecule has 0 radical (unpaired) electrons. The molecule has 3 rings (SSSR count). The first-order chi connectivity index (χ1) is 9.10. The number of fused-ring (bicyclic) bond motifs is 2. The number of nitrogen functional groups attached to an aromatic ring is 1. The summed E-state index contributed by atoms with van der Waals surface area (Å²) >= 11 is 1.10. The molecule has 96 valence electrons. The van der Waals surface area contributed by atoms with Crippen LogP contribution in [0, 0.1) is 0 Å². The molecule has 8 heteroatoms. The smallest absolute Gasteiger partial charge is 0.337 e. The van der Waals surface area contributed by atoms with E-state index in [1.807, 2.05) is 0 Å². The van der Waals surface area contributed by atoms with Gasteiger partial charge in [0, 0.05) is 0 Å². The van der Waals surface area contributed by atoms with Gasteiger partial charge in [0.05, 0.1) is 23.6 Å². The second-order valence-corrected chi connectivity index (χ2v) is 4.76. The van der Waals surface area contributed by atoms with Crippen molar-refractivity contribution in [2.24, 2.45) is 0 Å². The molecule has 0 unspecified atom stereocenters. The van der Waals surface area contributed by atoms with Gasteiger partial charge in [0.25, 0.3) is 5.56 Å². The van der Waals surface area contributed by atoms with Crippen LogP contribution in [0.3, 0.4) is 0 Å². The summed E-state index contributed by atoms with van der Waals surface area (Å²) in [6, 6.07) is 4.55. The molecule has 0 aliphatic carbocycles. The van der Waals surface area contributed by atoms with Gasteiger partial charge >= 0.3 is 5.97 Å². The maximum atomic E-state index is 12.1. The van der Waals surface area contributed by atoms with Gasteiger partial charge in [-0.1, -0.05) is 11.3 Å². The normalized spacial score (nSPS) is 11.0. The van der Waals surface area contributed by atoms with Crippen molar-refractivity contribution in [3.63, 3.8) is 0 Å². The Hall–Kier alpha value is -2.48. The lowest BCUT2D eigenvalue weighted by Gasteiger charge is -2.01. The summed E-state index contributed by atoms with van der Waals surface area (Å²) in [6.07, 6.45) is 0. The second kappa shape index (κ2) is 4.02. The molecule has 2 aromatic heterocycles. The molecule has 2 N–H and O–H groups in total. The van der Waals surface area contributed by atoms with Gasteiger partial charge in [-0.15, -0.1) is 5.10 Å². The number of carbonyl (C=O) groups is 1. The maximum Gasteiger partial charge on any atom is 0.337 e. The summed E-state index contributed by atoms with van der Waals surface area (Å²) in [5.74, 6) is -0.479. The number of carbonyl (C=O) groups excluding carboxylic acids is 1. The summed E-state index contributed by atoms with van der Waals surface area (Å²) in [4.78, 5) is 28.2. The highest BCUT2D eigenvalue weighted by atomic mass is 32.1. The van der Waals surface area contributed by atoms with E-state index in [2.05, 4.69) is 14.8 Å². The molecule has 0 amide bonds. The van der Waals surface area contributed by atoms with Crippen LogP contribution in [-0.4, -0.2) is 27.7 Å². The lowest BCUT2D eigenvalue weighted by Crippen LogP contribution is -2.15. The number of ether oxygens (including phenoxy) is 1. The average molecular weight is 276 g/mol. The van der Waals surface area contributed by atoms with Gasteiger partial charge < -0.3 is 10.5 Å². The third-order valence-corrected chi connectivity index (χ3v) is 3.37. The van der Waals surface area contributed by atoms with Gasteiger partial charge in [-0.05, 0) is 18.2 Å². The number of benzene rings is 1. The van der Waals surface area contributed by atoms with E-state index in [1.165, 1.54) is 25.3 Å². The molecule has 0 bridgehead atoms. The molecule has 0 atom stereocenters. The average Bonchev–Trinajstić information content (AvgIpc) is 2.78. The highest BCUT2D eigenvalue weighted by Crippen LogP contribution is 2.17. The molecule has 3 aromatic rings. The van der Waals surface area contributed by atoms with Crippen molar-refractivity contribution in [2.45, 2.75) is 0 Å². The lowest BCUT2D eigenvalue weighted by atomic mass is 10.1. The predicted molar refractivity (Wildman–Crippen MR) is 70.4 cm³/mol. The van der Waals surface area contributed by atoms with Gasteiger partial charge in [-0.2, -0.15) is 4.52 Å². The van der Waals surface area contributed by atoms with Crippen molar-refractivity contribution in [3.05, 3.63) is 34.1 Å². The molecule has 2 heterocycles. The second-order valence-electron chi connectivity index (χ2n) is 3.78. The van der Waals surface area contributed by atoms with Crippen molar-refractivity contribution < 1.29 is 9.53 Å². The minimum absolute atomic E-state index is 0.257. The standard InChI is InChI=1S/C11H8N4O3S/c1-18-9(17)5-2-3-6-7(4-5)13-11-15(8(6)16)14-10(12)19-11/h2-4H,1H3,(H2,12,14). The van der Waals surface area contributed by atoms with Crippen LogP contribution in [0.1, 0.15) is 10.4 Å². The Bertz CT molecular complexity index is 867. The third kappa shape index (κ3) is 1.73. The Kier molecular flexibility index (Phi) is 2.46. The van der Waals surface area contributed by atoms with Crippen molar-refractivity contribution >= 4 is 38.3 Å². The zero-order valence-corrected chi connectivity index (χ0v) is 10.6. The fourth-order valence-electron chi connectivity index (χ4n) is 1.77. The highest BCUT2D eigenvalue weighted by molar-refractivity contribution is 7.20. The van der Waals surface area contributed by atoms with E-state index in [-0.39, 0.29) is 10.7 Å². The first kappa shape index (κ1) is 11.6. The first-order valence-electron chi connectivity index (χ1n) is 5.27. The minimum Gasteiger partial charge on any atom is -0.465 e. The first-order valence-corrected chi connectivity index (χ1v) is 6.09. The van der Waals surface area contributed by atoms with Gasteiger partial charge in [-0.25, -0.2) is 9.78 Å². The van der Waals surface area contributed by atoms with E-state index >= 15 is 0 Å². The third-order valence-electron chi connectivity index (χ3n) is 2.63. The number of methoxy groups -OCH3 is 1. The Morgan fingerprint density at radius 3 is 3.00 bits per heavy atom. The molecule has 1 aromatic carbocycles. The van der Waals surface area contributed by atoms with Crippen LogP contribution in [-0.2, 0) is 4.74 Å². The molecular formula is C11H8N4O3S. The van der Waals surface area contributed by atoms with Gasteiger partial charge in [0.1, 0.15) is 0 Å². The van der Waals surface area contributed by atoms with Gasteiger partial charge in [0.15, 0.2) is 0 Å². The largest absolute Gasteiger partial charge is 0.465 e. The van der Waals surface area contributed by atoms with Gasteiger partial charge in [-0.3, -0.25) is 4.79 Å². The van der Waals surface area contributed by atoms with Crippen molar-refractivity contribution in [3.8, 4) is 0 Å². The van der Waals surface area contributed by atoms with Crippen molar-refractivity contribution in [1.29, 1.82) is 0 Å². The number of nitrogens with zero attached hydrogens (tertiary/aromatic N) is 3. The van der Waals surface area contributed by atoms with E-state index in [4.69, 9.17) is 5.73 Å². The molecule has 0 aliphatic heterocycles. The number of hydrogen-bond acceptors (Lipinski definition) is 7. The zero-order valence-electron chi connectivity index (χ0n) is 9.78. The molecule has 19 heavy (non-hydrogen) atoms. The fourth-order valence-corrected chi connectivity index (χ4v) is 2.43. The lowest BCUT2D eigenvalue weighted by molar-refractivity contribution is 0.0601. The fraction of sp³-hybridized carbons (Fsp3) is 0.0909. The summed E-state index contributed by atoms with van der Waals surface area (Å²) < 4.78 is 5.78. The number of esters is 1. The maximum absolute atomic E-state index is 12.1. The Morgan fingerprint density at radius 1 is 1.47 bits per heavy atom. The molecule has 0 saturated heterocycles. The Labute approximate surface area is 110 Å². The van der Waals surface area contributed by atoms with Crippen LogP contribution in [0.15, 0.2) is 23.0 Å². The van der Waals surface area contributed by atoms with E-state index in [0.717, 1.165) is 15.9 Å². The molecule has 0 fully saturated rings. The summed E-state index contributed by atoms with van der Waals surface area (Å²) in [6.45, 7) is 0. The topological polar surface area (TPSA) is 99.6 Å². The van der Waals surface area contributed by atoms with E-state index in [9.17, 15) is 9.59 Å². The van der Waals surface area contributed by atoms with E-state index in [1.54, 1.807) is 0 Å². The van der Waals surface area contributed by atoms with Crippen LogP contribution < -0.4 is 11.3 Å². The molecule has 0 aliphatic rings. The monoisotopic (exact) mass is 276 g/mol. The molecule has 0 spiro atoms. The summed E-state index contributed by atoms with van der Waals surface area (Å²) in [5, 5.41) is 4.51.